The summed E-state index contributed by atoms with van der Waals surface area (Å²) in [5.74, 6) is -0.00651. The Hall–Kier alpha value is -1.14. The Balaban J connectivity index is 1.51. The lowest BCUT2D eigenvalue weighted by atomic mass is 9.98. The topological polar surface area (TPSA) is 77.2 Å². The van der Waals surface area contributed by atoms with Crippen molar-refractivity contribution in [2.45, 2.75) is 51.0 Å². The van der Waals surface area contributed by atoms with Crippen molar-refractivity contribution in [3.8, 4) is 0 Å². The van der Waals surface area contributed by atoms with Crippen LogP contribution in [0.3, 0.4) is 0 Å². The molecule has 6 heteroatoms. The van der Waals surface area contributed by atoms with Gasteiger partial charge in [-0.25, -0.2) is 4.98 Å². The van der Waals surface area contributed by atoms with Gasteiger partial charge in [0.1, 0.15) is 0 Å². The SMILES string of the molecule is Nc1nc(CC(=O)NCCCOC2CCCCC2)cs1. The van der Waals surface area contributed by atoms with E-state index in [-0.39, 0.29) is 5.91 Å². The van der Waals surface area contributed by atoms with Gasteiger partial charge < -0.3 is 15.8 Å². The fraction of sp³-hybridized carbons (Fsp3) is 0.714. The molecule has 0 unspecified atom stereocenters. The third kappa shape index (κ3) is 5.46. The molecule has 0 atom stereocenters. The van der Waals surface area contributed by atoms with Gasteiger partial charge in [-0.1, -0.05) is 19.3 Å². The Bertz CT molecular complexity index is 416. The van der Waals surface area contributed by atoms with Crippen LogP contribution in [0.5, 0.6) is 0 Å². The molecule has 0 bridgehead atoms. The monoisotopic (exact) mass is 297 g/mol. The lowest BCUT2D eigenvalue weighted by Crippen LogP contribution is -2.27. The Labute approximate surface area is 123 Å². The van der Waals surface area contributed by atoms with Crippen molar-refractivity contribution in [3.63, 3.8) is 0 Å². The summed E-state index contributed by atoms with van der Waals surface area (Å²) in [5.41, 5.74) is 6.26. The second kappa shape index (κ2) is 8.21. The van der Waals surface area contributed by atoms with Crippen LogP contribution in [0.1, 0.15) is 44.2 Å². The van der Waals surface area contributed by atoms with Gasteiger partial charge in [0.2, 0.25) is 5.91 Å². The third-order valence-electron chi connectivity index (χ3n) is 3.46. The summed E-state index contributed by atoms with van der Waals surface area (Å²) in [6.45, 7) is 1.39. The largest absolute Gasteiger partial charge is 0.378 e. The molecule has 1 aromatic heterocycles. The summed E-state index contributed by atoms with van der Waals surface area (Å²) in [6.07, 6.45) is 7.92. The normalized spacial score (nSPS) is 16.2. The molecule has 3 N–H and O–H groups in total. The molecule has 0 aliphatic heterocycles. The number of carbonyl (C=O) groups is 1. The Morgan fingerprint density at radius 1 is 1.45 bits per heavy atom. The maximum atomic E-state index is 11.7. The number of rotatable bonds is 7. The van der Waals surface area contributed by atoms with Crippen molar-refractivity contribution in [2.24, 2.45) is 0 Å². The predicted molar refractivity (Wildman–Crippen MR) is 80.7 cm³/mol. The summed E-state index contributed by atoms with van der Waals surface area (Å²) in [6, 6.07) is 0. The molecule has 1 aromatic rings. The lowest BCUT2D eigenvalue weighted by molar-refractivity contribution is -0.120. The van der Waals surface area contributed by atoms with E-state index in [0.29, 0.717) is 24.2 Å². The van der Waals surface area contributed by atoms with Crippen LogP contribution in [0.4, 0.5) is 5.13 Å². The first-order valence-corrected chi connectivity index (χ1v) is 8.20. The number of nitrogen functional groups attached to an aromatic ring is 1. The number of amides is 1. The van der Waals surface area contributed by atoms with E-state index in [1.54, 1.807) is 0 Å². The molecule has 1 heterocycles. The van der Waals surface area contributed by atoms with Crippen molar-refractivity contribution < 1.29 is 9.53 Å². The van der Waals surface area contributed by atoms with Crippen molar-refractivity contribution in [1.82, 2.24) is 10.3 Å². The highest BCUT2D eigenvalue weighted by atomic mass is 32.1. The molecule has 2 rings (SSSR count). The van der Waals surface area contributed by atoms with Crippen molar-refractivity contribution in [2.75, 3.05) is 18.9 Å². The number of nitrogens with zero attached hydrogens (tertiary/aromatic N) is 1. The average molecular weight is 297 g/mol. The standard InChI is InChI=1S/C14H23N3O2S/c15-14-17-11(10-20-14)9-13(18)16-7-4-8-19-12-5-2-1-3-6-12/h10,12H,1-9H2,(H2,15,17)(H,16,18). The van der Waals surface area contributed by atoms with Crippen LogP contribution in [0.25, 0.3) is 0 Å². The van der Waals surface area contributed by atoms with E-state index in [1.165, 1.54) is 43.4 Å². The van der Waals surface area contributed by atoms with Crippen LogP contribution in [0, 0.1) is 0 Å². The van der Waals surface area contributed by atoms with Crippen LogP contribution in [-0.4, -0.2) is 30.1 Å². The summed E-state index contributed by atoms with van der Waals surface area (Å²) in [7, 11) is 0. The van der Waals surface area contributed by atoms with E-state index in [2.05, 4.69) is 10.3 Å². The van der Waals surface area contributed by atoms with Gasteiger partial charge in [0.25, 0.3) is 0 Å². The summed E-state index contributed by atoms with van der Waals surface area (Å²) in [4.78, 5) is 15.7. The van der Waals surface area contributed by atoms with Gasteiger partial charge in [0.15, 0.2) is 5.13 Å². The quantitative estimate of drug-likeness (QED) is 0.756. The molecule has 0 aromatic carbocycles. The first kappa shape index (κ1) is 15.3. The summed E-state index contributed by atoms with van der Waals surface area (Å²) in [5, 5.41) is 5.21. The van der Waals surface area contributed by atoms with Gasteiger partial charge in [-0.2, -0.15) is 0 Å². The minimum Gasteiger partial charge on any atom is -0.378 e. The maximum absolute atomic E-state index is 11.7. The molecule has 112 valence electrons. The van der Waals surface area contributed by atoms with Gasteiger partial charge in [0.05, 0.1) is 18.2 Å². The van der Waals surface area contributed by atoms with E-state index < -0.39 is 0 Å². The molecule has 5 nitrogen and oxygen atoms in total. The molecule has 1 aliphatic carbocycles. The highest BCUT2D eigenvalue weighted by molar-refractivity contribution is 7.13. The Kier molecular flexibility index (Phi) is 6.26. The Morgan fingerprint density at radius 3 is 2.95 bits per heavy atom. The van der Waals surface area contributed by atoms with Crippen LogP contribution >= 0.6 is 11.3 Å². The number of hydrogen-bond donors (Lipinski definition) is 2. The predicted octanol–water partition coefficient (Wildman–Crippen LogP) is 2.12. The second-order valence-corrected chi connectivity index (χ2v) is 6.08. The van der Waals surface area contributed by atoms with E-state index >= 15 is 0 Å². The molecule has 20 heavy (non-hydrogen) atoms. The summed E-state index contributed by atoms with van der Waals surface area (Å²) < 4.78 is 5.81. The van der Waals surface area contributed by atoms with Gasteiger partial charge in [0, 0.05) is 18.5 Å². The number of carbonyl (C=O) groups excluding carboxylic acids is 1. The van der Waals surface area contributed by atoms with Gasteiger partial charge in [-0.3, -0.25) is 4.79 Å². The van der Waals surface area contributed by atoms with E-state index in [1.807, 2.05) is 5.38 Å². The Morgan fingerprint density at radius 2 is 2.25 bits per heavy atom. The lowest BCUT2D eigenvalue weighted by Gasteiger charge is -2.21. The smallest absolute Gasteiger partial charge is 0.226 e. The number of aromatic nitrogens is 1. The highest BCUT2D eigenvalue weighted by Gasteiger charge is 2.13. The molecule has 1 saturated carbocycles. The van der Waals surface area contributed by atoms with E-state index in [4.69, 9.17) is 10.5 Å². The van der Waals surface area contributed by atoms with Crippen molar-refractivity contribution >= 4 is 22.4 Å². The van der Waals surface area contributed by atoms with Gasteiger partial charge >= 0.3 is 0 Å². The number of nitrogens with one attached hydrogen (secondary N) is 1. The van der Waals surface area contributed by atoms with Crippen LogP contribution in [-0.2, 0) is 16.0 Å². The molecule has 0 radical (unpaired) electrons. The molecular formula is C14H23N3O2S. The first-order chi connectivity index (χ1) is 9.74. The number of anilines is 1. The minimum atomic E-state index is -0.00651. The zero-order valence-corrected chi connectivity index (χ0v) is 12.6. The molecule has 1 aliphatic rings. The van der Waals surface area contributed by atoms with Gasteiger partial charge in [-0.15, -0.1) is 11.3 Å². The molecule has 0 spiro atoms. The molecule has 1 fully saturated rings. The van der Waals surface area contributed by atoms with E-state index in [9.17, 15) is 4.79 Å². The number of nitrogens with two attached hydrogens (primary N) is 1. The van der Waals surface area contributed by atoms with Crippen molar-refractivity contribution in [1.29, 1.82) is 0 Å². The van der Waals surface area contributed by atoms with Gasteiger partial charge in [-0.05, 0) is 19.3 Å². The fourth-order valence-corrected chi connectivity index (χ4v) is 2.98. The third-order valence-corrected chi connectivity index (χ3v) is 4.18. The average Bonchev–Trinajstić information content (AvgIpc) is 2.85. The van der Waals surface area contributed by atoms with Crippen LogP contribution in [0.15, 0.2) is 5.38 Å². The maximum Gasteiger partial charge on any atom is 0.226 e. The van der Waals surface area contributed by atoms with E-state index in [0.717, 1.165) is 18.7 Å². The second-order valence-electron chi connectivity index (χ2n) is 5.19. The fourth-order valence-electron chi connectivity index (χ4n) is 2.41. The zero-order chi connectivity index (χ0) is 14.2. The van der Waals surface area contributed by atoms with Crippen molar-refractivity contribution in [3.05, 3.63) is 11.1 Å². The molecular weight excluding hydrogens is 274 g/mol. The summed E-state index contributed by atoms with van der Waals surface area (Å²) >= 11 is 1.36. The molecule has 1 amide bonds. The number of ether oxygens (including phenoxy) is 1. The zero-order valence-electron chi connectivity index (χ0n) is 11.8. The van der Waals surface area contributed by atoms with Crippen LogP contribution in [0.2, 0.25) is 0 Å². The number of thiazole rings is 1. The van der Waals surface area contributed by atoms with Crippen LogP contribution < -0.4 is 11.1 Å². The number of hydrogen-bond acceptors (Lipinski definition) is 5. The first-order valence-electron chi connectivity index (χ1n) is 7.32. The molecule has 0 saturated heterocycles. The highest BCUT2D eigenvalue weighted by Crippen LogP contribution is 2.20. The minimum absolute atomic E-state index is 0.00651.